The summed E-state index contributed by atoms with van der Waals surface area (Å²) in [7, 11) is 0. The second kappa shape index (κ2) is 11.9. The lowest BCUT2D eigenvalue weighted by Gasteiger charge is -2.40. The minimum absolute atomic E-state index is 0.0397. The van der Waals surface area contributed by atoms with Crippen LogP contribution in [-0.2, 0) is 28.6 Å². The van der Waals surface area contributed by atoms with E-state index < -0.39 is 41.1 Å². The molecular formula is C28H43N3O7. The van der Waals surface area contributed by atoms with Gasteiger partial charge in [0.25, 0.3) is 0 Å². The van der Waals surface area contributed by atoms with Crippen LogP contribution in [0.3, 0.4) is 0 Å². The average molecular weight is 534 g/mol. The SMILES string of the molecule is C=CCOC(=O)[C@H]1[C@H]2C(=O)N([C@@H](CC)CO)C(C(=O)N(CC=C)CCN3CCOCC3)C23CC[C@]1(CC)O3. The van der Waals surface area contributed by atoms with Gasteiger partial charge < -0.3 is 29.1 Å². The maximum absolute atomic E-state index is 14.4. The first-order valence-electron chi connectivity index (χ1n) is 13.9. The number of nitrogens with zero attached hydrogens (tertiary/aromatic N) is 3. The lowest BCUT2D eigenvalue weighted by Crippen LogP contribution is -2.59. The van der Waals surface area contributed by atoms with Crippen molar-refractivity contribution >= 4 is 17.8 Å². The number of carbonyl (C=O) groups is 3. The summed E-state index contributed by atoms with van der Waals surface area (Å²) in [6.45, 7) is 15.4. The van der Waals surface area contributed by atoms with Crippen LogP contribution < -0.4 is 0 Å². The molecule has 38 heavy (non-hydrogen) atoms. The molecule has 4 heterocycles. The topological polar surface area (TPSA) is 109 Å². The maximum Gasteiger partial charge on any atom is 0.313 e. The number of esters is 1. The van der Waals surface area contributed by atoms with E-state index in [1.165, 1.54) is 11.0 Å². The molecule has 0 saturated carbocycles. The fraction of sp³-hybridized carbons (Fsp3) is 0.750. The van der Waals surface area contributed by atoms with Gasteiger partial charge >= 0.3 is 5.97 Å². The molecule has 4 aliphatic heterocycles. The number of hydrogen-bond donors (Lipinski definition) is 1. The van der Waals surface area contributed by atoms with Crippen LogP contribution in [0.1, 0.15) is 39.5 Å². The van der Waals surface area contributed by atoms with Crippen molar-refractivity contribution in [3.05, 3.63) is 25.3 Å². The van der Waals surface area contributed by atoms with Gasteiger partial charge in [-0.25, -0.2) is 0 Å². The Kier molecular flexibility index (Phi) is 8.96. The van der Waals surface area contributed by atoms with E-state index >= 15 is 0 Å². The Morgan fingerprint density at radius 1 is 1.24 bits per heavy atom. The molecule has 0 radical (unpaired) electrons. The number of hydrogen-bond acceptors (Lipinski definition) is 8. The van der Waals surface area contributed by atoms with Gasteiger partial charge in [0, 0.05) is 32.7 Å². The van der Waals surface area contributed by atoms with Crippen molar-refractivity contribution < 1.29 is 33.7 Å². The van der Waals surface area contributed by atoms with Crippen molar-refractivity contribution in [1.29, 1.82) is 0 Å². The molecule has 2 amide bonds. The number of carbonyl (C=O) groups excluding carboxylic acids is 3. The lowest BCUT2D eigenvalue weighted by atomic mass is 9.65. The van der Waals surface area contributed by atoms with Crippen LogP contribution in [0, 0.1) is 11.8 Å². The van der Waals surface area contributed by atoms with Gasteiger partial charge in [-0.3, -0.25) is 19.3 Å². The van der Waals surface area contributed by atoms with Crippen LogP contribution in [0.5, 0.6) is 0 Å². The van der Waals surface area contributed by atoms with Crippen LogP contribution in [0.2, 0.25) is 0 Å². The summed E-state index contributed by atoms with van der Waals surface area (Å²) in [5, 5.41) is 10.2. The molecule has 0 aromatic heterocycles. The molecule has 212 valence electrons. The molecular weight excluding hydrogens is 490 g/mol. The zero-order valence-electron chi connectivity index (χ0n) is 22.8. The monoisotopic (exact) mass is 533 g/mol. The molecule has 2 bridgehead atoms. The molecule has 6 atom stereocenters. The highest BCUT2D eigenvalue weighted by molar-refractivity contribution is 5.98. The summed E-state index contributed by atoms with van der Waals surface area (Å²) < 4.78 is 17.7. The summed E-state index contributed by atoms with van der Waals surface area (Å²) in [6.07, 6.45) is 5.22. The van der Waals surface area contributed by atoms with Gasteiger partial charge in [-0.2, -0.15) is 0 Å². The third-order valence-electron chi connectivity index (χ3n) is 8.98. The Morgan fingerprint density at radius 3 is 2.58 bits per heavy atom. The molecule has 1 N–H and O–H groups in total. The number of amides is 2. The van der Waals surface area contributed by atoms with E-state index in [0.29, 0.717) is 58.5 Å². The van der Waals surface area contributed by atoms with Crippen molar-refractivity contribution in [2.75, 3.05) is 59.2 Å². The maximum atomic E-state index is 14.4. The Balaban J connectivity index is 1.71. The molecule has 4 rings (SSSR count). The Morgan fingerprint density at radius 2 is 1.97 bits per heavy atom. The fourth-order valence-electron chi connectivity index (χ4n) is 7.04. The number of likely N-dealkylation sites (tertiary alicyclic amines) is 1. The van der Waals surface area contributed by atoms with Gasteiger partial charge in [-0.05, 0) is 25.7 Å². The number of ether oxygens (including phenoxy) is 3. The number of morpholine rings is 1. The molecule has 10 heteroatoms. The van der Waals surface area contributed by atoms with Gasteiger partial charge in [-0.15, -0.1) is 6.58 Å². The van der Waals surface area contributed by atoms with Crippen molar-refractivity contribution in [3.63, 3.8) is 0 Å². The minimum Gasteiger partial charge on any atom is -0.461 e. The zero-order chi connectivity index (χ0) is 27.5. The predicted molar refractivity (Wildman–Crippen MR) is 140 cm³/mol. The van der Waals surface area contributed by atoms with Gasteiger partial charge in [0.05, 0.1) is 37.4 Å². The van der Waals surface area contributed by atoms with Gasteiger partial charge in [0.1, 0.15) is 24.2 Å². The summed E-state index contributed by atoms with van der Waals surface area (Å²) in [5.41, 5.74) is -2.01. The minimum atomic E-state index is -1.15. The Labute approximate surface area is 225 Å². The summed E-state index contributed by atoms with van der Waals surface area (Å²) in [5.74, 6) is -2.69. The van der Waals surface area contributed by atoms with Crippen LogP contribution >= 0.6 is 0 Å². The van der Waals surface area contributed by atoms with E-state index in [4.69, 9.17) is 14.2 Å². The molecule has 4 fully saturated rings. The third-order valence-corrected chi connectivity index (χ3v) is 8.98. The van der Waals surface area contributed by atoms with Gasteiger partial charge in [-0.1, -0.05) is 32.6 Å². The first-order chi connectivity index (χ1) is 18.3. The molecule has 0 aromatic rings. The molecule has 0 aliphatic carbocycles. The van der Waals surface area contributed by atoms with E-state index in [0.717, 1.165) is 13.1 Å². The highest BCUT2D eigenvalue weighted by Gasteiger charge is 2.79. The van der Waals surface area contributed by atoms with Crippen LogP contribution in [0.25, 0.3) is 0 Å². The lowest BCUT2D eigenvalue weighted by molar-refractivity contribution is -0.163. The molecule has 2 unspecified atom stereocenters. The number of fused-ring (bicyclic) bond motifs is 1. The van der Waals surface area contributed by atoms with Crippen LogP contribution in [0.4, 0.5) is 0 Å². The standard InChI is InChI=1S/C28H43N3O7/c1-5-11-30(13-12-29-14-17-36-18-15-29)25(34)23-28-10-9-27(8-4,38-28)22(26(35)37-16-6-2)21(28)24(33)31(23)20(7-3)19-32/h5-6,20-23,32H,1-2,7-19H2,3-4H3/t20-,21-,22+,23?,27-,28?/m0/s1. The van der Waals surface area contributed by atoms with E-state index in [-0.39, 0.29) is 25.0 Å². The quantitative estimate of drug-likeness (QED) is 0.276. The average Bonchev–Trinajstić information content (AvgIpc) is 3.54. The van der Waals surface area contributed by atoms with Crippen molar-refractivity contribution in [2.45, 2.75) is 62.8 Å². The first kappa shape index (κ1) is 28.7. The highest BCUT2D eigenvalue weighted by atomic mass is 16.6. The van der Waals surface area contributed by atoms with Crippen molar-refractivity contribution in [3.8, 4) is 0 Å². The summed E-state index contributed by atoms with van der Waals surface area (Å²) >= 11 is 0. The molecule has 1 spiro atoms. The first-order valence-corrected chi connectivity index (χ1v) is 13.9. The predicted octanol–water partition coefficient (Wildman–Crippen LogP) is 0.988. The number of aliphatic hydroxyl groups excluding tert-OH is 1. The smallest absolute Gasteiger partial charge is 0.313 e. The van der Waals surface area contributed by atoms with Crippen molar-refractivity contribution in [2.24, 2.45) is 11.8 Å². The van der Waals surface area contributed by atoms with E-state index in [9.17, 15) is 19.5 Å². The third kappa shape index (κ3) is 4.69. The number of rotatable bonds is 13. The van der Waals surface area contributed by atoms with Crippen molar-refractivity contribution in [1.82, 2.24) is 14.7 Å². The largest absolute Gasteiger partial charge is 0.461 e. The molecule has 10 nitrogen and oxygen atoms in total. The summed E-state index contributed by atoms with van der Waals surface area (Å²) in [6, 6.07) is -1.50. The zero-order valence-corrected chi connectivity index (χ0v) is 22.8. The second-order valence-corrected chi connectivity index (χ2v) is 10.8. The van der Waals surface area contributed by atoms with Gasteiger partial charge in [0.2, 0.25) is 11.8 Å². The summed E-state index contributed by atoms with van der Waals surface area (Å²) in [4.78, 5) is 47.5. The van der Waals surface area contributed by atoms with Gasteiger partial charge in [0.15, 0.2) is 0 Å². The Bertz CT molecular complexity index is 918. The van der Waals surface area contributed by atoms with Crippen LogP contribution in [-0.4, -0.2) is 120 Å². The Hall–Kier alpha value is -2.27. The normalized spacial score (nSPS) is 33.2. The second-order valence-electron chi connectivity index (χ2n) is 10.8. The van der Waals surface area contributed by atoms with E-state index in [1.54, 1.807) is 11.0 Å². The van der Waals surface area contributed by atoms with E-state index in [1.807, 2.05) is 13.8 Å². The fourth-order valence-corrected chi connectivity index (χ4v) is 7.04. The van der Waals surface area contributed by atoms with Crippen LogP contribution in [0.15, 0.2) is 25.3 Å². The molecule has 4 saturated heterocycles. The highest BCUT2D eigenvalue weighted by Crippen LogP contribution is 2.64. The molecule has 4 aliphatic rings. The molecule has 0 aromatic carbocycles. The number of aliphatic hydroxyl groups is 1. The van der Waals surface area contributed by atoms with E-state index in [2.05, 4.69) is 18.1 Å².